The molecule has 0 bridgehead atoms. The summed E-state index contributed by atoms with van der Waals surface area (Å²) in [5, 5.41) is 11.4. The van der Waals surface area contributed by atoms with Crippen molar-refractivity contribution in [2.24, 2.45) is 0 Å². The number of rotatable bonds is 5. The number of ether oxygens (including phenoxy) is 1. The highest BCUT2D eigenvalue weighted by molar-refractivity contribution is 6.30. The van der Waals surface area contributed by atoms with E-state index in [0.717, 1.165) is 38.5 Å². The molecule has 1 aromatic carbocycles. The van der Waals surface area contributed by atoms with E-state index in [2.05, 4.69) is 20.5 Å². The molecule has 8 heteroatoms. The maximum atomic E-state index is 12.1. The van der Waals surface area contributed by atoms with Gasteiger partial charge < -0.3 is 10.1 Å². The number of aromatic nitrogens is 3. The number of benzene rings is 1. The first kappa shape index (κ1) is 15.9. The van der Waals surface area contributed by atoms with Gasteiger partial charge in [0.25, 0.3) is 5.91 Å². The van der Waals surface area contributed by atoms with Gasteiger partial charge in [-0.3, -0.25) is 9.69 Å². The number of amides is 1. The summed E-state index contributed by atoms with van der Waals surface area (Å²) < 4.78 is 6.84. The minimum absolute atomic E-state index is 0.224. The van der Waals surface area contributed by atoms with Crippen molar-refractivity contribution in [2.75, 3.05) is 39.4 Å². The second kappa shape index (κ2) is 7.54. The molecule has 2 heterocycles. The fourth-order valence-corrected chi connectivity index (χ4v) is 2.46. The van der Waals surface area contributed by atoms with Crippen LogP contribution >= 0.6 is 11.6 Å². The summed E-state index contributed by atoms with van der Waals surface area (Å²) in [5.41, 5.74) is 1.09. The molecule has 0 spiro atoms. The Hall–Kier alpha value is -1.96. The van der Waals surface area contributed by atoms with Crippen LogP contribution < -0.4 is 5.32 Å². The van der Waals surface area contributed by atoms with Gasteiger partial charge in [-0.25, -0.2) is 4.68 Å². The zero-order valence-corrected chi connectivity index (χ0v) is 13.4. The molecule has 0 aliphatic carbocycles. The molecular weight excluding hydrogens is 318 g/mol. The average Bonchev–Trinajstić information content (AvgIpc) is 3.06. The Bertz CT molecular complexity index is 652. The SMILES string of the molecule is O=C(NCCN1CCOCC1)c1cn(-c2ccc(Cl)cc2)nn1. The van der Waals surface area contributed by atoms with E-state index >= 15 is 0 Å². The van der Waals surface area contributed by atoms with Crippen LogP contribution in [-0.2, 0) is 4.74 Å². The van der Waals surface area contributed by atoms with Crippen LogP contribution in [-0.4, -0.2) is 65.2 Å². The minimum Gasteiger partial charge on any atom is -0.379 e. The van der Waals surface area contributed by atoms with Crippen LogP contribution in [0.1, 0.15) is 10.5 Å². The first-order valence-electron chi connectivity index (χ1n) is 7.49. The Morgan fingerprint density at radius 3 is 2.74 bits per heavy atom. The number of carbonyl (C=O) groups excluding carboxylic acids is 1. The van der Waals surface area contributed by atoms with Gasteiger partial charge in [-0.05, 0) is 24.3 Å². The molecule has 1 fully saturated rings. The summed E-state index contributed by atoms with van der Waals surface area (Å²) in [6, 6.07) is 7.16. The third kappa shape index (κ3) is 4.28. The molecule has 122 valence electrons. The second-order valence-corrected chi connectivity index (χ2v) is 5.67. The van der Waals surface area contributed by atoms with Crippen molar-refractivity contribution in [1.82, 2.24) is 25.2 Å². The first-order valence-corrected chi connectivity index (χ1v) is 7.87. The molecule has 1 aromatic heterocycles. The van der Waals surface area contributed by atoms with Gasteiger partial charge in [0.15, 0.2) is 5.69 Å². The zero-order valence-electron chi connectivity index (χ0n) is 12.6. The van der Waals surface area contributed by atoms with E-state index in [9.17, 15) is 4.79 Å². The average molecular weight is 336 g/mol. The molecule has 1 amide bonds. The van der Waals surface area contributed by atoms with Gasteiger partial charge in [-0.1, -0.05) is 16.8 Å². The molecule has 1 N–H and O–H groups in total. The molecule has 0 radical (unpaired) electrons. The van der Waals surface area contributed by atoms with Crippen LogP contribution in [0.3, 0.4) is 0 Å². The summed E-state index contributed by atoms with van der Waals surface area (Å²) in [5.74, 6) is -0.224. The maximum absolute atomic E-state index is 12.1. The van der Waals surface area contributed by atoms with Gasteiger partial charge in [-0.2, -0.15) is 0 Å². The standard InChI is InChI=1S/C15H18ClN5O2/c16-12-1-3-13(4-2-12)21-11-14(18-19-21)15(22)17-5-6-20-7-9-23-10-8-20/h1-4,11H,5-10H2,(H,17,22). The number of hydrogen-bond acceptors (Lipinski definition) is 5. The number of nitrogens with one attached hydrogen (secondary N) is 1. The second-order valence-electron chi connectivity index (χ2n) is 5.23. The summed E-state index contributed by atoms with van der Waals surface area (Å²) in [7, 11) is 0. The quantitative estimate of drug-likeness (QED) is 0.882. The lowest BCUT2D eigenvalue weighted by molar-refractivity contribution is 0.0383. The summed E-state index contributed by atoms with van der Waals surface area (Å²) >= 11 is 5.85. The highest BCUT2D eigenvalue weighted by Gasteiger charge is 2.13. The number of carbonyl (C=O) groups is 1. The molecule has 0 atom stereocenters. The van der Waals surface area contributed by atoms with E-state index in [-0.39, 0.29) is 5.91 Å². The van der Waals surface area contributed by atoms with Crippen molar-refractivity contribution in [3.63, 3.8) is 0 Å². The van der Waals surface area contributed by atoms with Crippen LogP contribution in [0.15, 0.2) is 30.5 Å². The van der Waals surface area contributed by atoms with E-state index < -0.39 is 0 Å². The molecular formula is C15H18ClN5O2. The van der Waals surface area contributed by atoms with Crippen molar-refractivity contribution >= 4 is 17.5 Å². The summed E-state index contributed by atoms with van der Waals surface area (Å²) in [6.45, 7) is 4.70. The summed E-state index contributed by atoms with van der Waals surface area (Å²) in [4.78, 5) is 14.4. The van der Waals surface area contributed by atoms with Gasteiger partial charge in [0.2, 0.25) is 0 Å². The minimum atomic E-state index is -0.224. The van der Waals surface area contributed by atoms with E-state index in [0.29, 0.717) is 17.3 Å². The van der Waals surface area contributed by atoms with E-state index in [1.807, 2.05) is 12.1 Å². The van der Waals surface area contributed by atoms with Crippen molar-refractivity contribution < 1.29 is 9.53 Å². The zero-order chi connectivity index (χ0) is 16.1. The van der Waals surface area contributed by atoms with Gasteiger partial charge >= 0.3 is 0 Å². The van der Waals surface area contributed by atoms with Crippen LogP contribution in [0.25, 0.3) is 5.69 Å². The Morgan fingerprint density at radius 1 is 1.26 bits per heavy atom. The molecule has 2 aromatic rings. The van der Waals surface area contributed by atoms with Crippen molar-refractivity contribution in [2.45, 2.75) is 0 Å². The number of hydrogen-bond donors (Lipinski definition) is 1. The lowest BCUT2D eigenvalue weighted by Crippen LogP contribution is -2.41. The molecule has 1 aliphatic heterocycles. The van der Waals surface area contributed by atoms with Gasteiger partial charge in [0, 0.05) is 31.2 Å². The van der Waals surface area contributed by atoms with E-state index in [1.165, 1.54) is 0 Å². The van der Waals surface area contributed by atoms with E-state index in [1.54, 1.807) is 23.0 Å². The highest BCUT2D eigenvalue weighted by atomic mass is 35.5. The van der Waals surface area contributed by atoms with Crippen molar-refractivity contribution in [3.05, 3.63) is 41.2 Å². The molecule has 3 rings (SSSR count). The predicted octanol–water partition coefficient (Wildman–Crippen LogP) is 0.983. The molecule has 23 heavy (non-hydrogen) atoms. The van der Waals surface area contributed by atoms with Crippen LogP contribution in [0.2, 0.25) is 5.02 Å². The topological polar surface area (TPSA) is 72.3 Å². The highest BCUT2D eigenvalue weighted by Crippen LogP contribution is 2.12. The largest absolute Gasteiger partial charge is 0.379 e. The fourth-order valence-electron chi connectivity index (χ4n) is 2.33. The number of morpholine rings is 1. The third-order valence-corrected chi connectivity index (χ3v) is 3.89. The van der Waals surface area contributed by atoms with Crippen LogP contribution in [0.4, 0.5) is 0 Å². The Labute approximate surface area is 139 Å². The number of nitrogens with zero attached hydrogens (tertiary/aromatic N) is 4. The molecule has 7 nitrogen and oxygen atoms in total. The van der Waals surface area contributed by atoms with Crippen molar-refractivity contribution in [1.29, 1.82) is 0 Å². The van der Waals surface area contributed by atoms with Gasteiger partial charge in [0.05, 0.1) is 25.1 Å². The Morgan fingerprint density at radius 2 is 2.00 bits per heavy atom. The monoisotopic (exact) mass is 335 g/mol. The predicted molar refractivity (Wildman–Crippen MR) is 86.0 cm³/mol. The Balaban J connectivity index is 1.52. The normalized spacial score (nSPS) is 15.5. The van der Waals surface area contributed by atoms with Gasteiger partial charge in [0.1, 0.15) is 0 Å². The summed E-state index contributed by atoms with van der Waals surface area (Å²) in [6.07, 6.45) is 1.60. The maximum Gasteiger partial charge on any atom is 0.273 e. The molecule has 1 aliphatic rings. The fraction of sp³-hybridized carbons (Fsp3) is 0.400. The first-order chi connectivity index (χ1) is 11.2. The van der Waals surface area contributed by atoms with E-state index in [4.69, 9.17) is 16.3 Å². The Kier molecular flexibility index (Phi) is 5.22. The lowest BCUT2D eigenvalue weighted by atomic mass is 10.3. The molecule has 0 saturated carbocycles. The smallest absolute Gasteiger partial charge is 0.273 e. The van der Waals surface area contributed by atoms with Crippen molar-refractivity contribution in [3.8, 4) is 5.69 Å². The third-order valence-electron chi connectivity index (χ3n) is 3.63. The number of halogens is 1. The van der Waals surface area contributed by atoms with Gasteiger partial charge in [-0.15, -0.1) is 5.10 Å². The van der Waals surface area contributed by atoms with Crippen LogP contribution in [0.5, 0.6) is 0 Å². The molecule has 0 unspecified atom stereocenters. The van der Waals surface area contributed by atoms with Crippen LogP contribution in [0, 0.1) is 0 Å². The lowest BCUT2D eigenvalue weighted by Gasteiger charge is -2.26. The molecule has 1 saturated heterocycles.